The van der Waals surface area contributed by atoms with Crippen LogP contribution in [0.15, 0.2) is 48.5 Å². The molecule has 0 bridgehead atoms. The standard InChI is InChI=1S/C20H17FN4O3/c21-14-8-2-3-9-16(14)25-15-10-5-7-12(15)18(24-25)20(28)23-22-19(27)13-6-1-4-11-17(13)26/h1-4,6,8-9,11,26H,5,7,10H2,(H,22,27)(H,23,28). The van der Waals surface area contributed by atoms with E-state index in [2.05, 4.69) is 16.0 Å². The summed E-state index contributed by atoms with van der Waals surface area (Å²) in [5.74, 6) is -1.88. The molecule has 2 aromatic carbocycles. The lowest BCUT2D eigenvalue weighted by Gasteiger charge is -2.08. The number of aromatic nitrogens is 2. The number of carbonyl (C=O) groups is 2. The second-order valence-corrected chi connectivity index (χ2v) is 6.42. The average molecular weight is 380 g/mol. The first kappa shape index (κ1) is 17.7. The van der Waals surface area contributed by atoms with Gasteiger partial charge in [-0.1, -0.05) is 24.3 Å². The average Bonchev–Trinajstić information content (AvgIpc) is 3.29. The number of rotatable bonds is 3. The zero-order valence-corrected chi connectivity index (χ0v) is 14.8. The van der Waals surface area contributed by atoms with Gasteiger partial charge in [0.25, 0.3) is 11.8 Å². The number of nitrogens with zero attached hydrogens (tertiary/aromatic N) is 2. The first-order valence-electron chi connectivity index (χ1n) is 8.80. The number of benzene rings is 2. The van der Waals surface area contributed by atoms with Crippen LogP contribution in [-0.4, -0.2) is 26.7 Å². The van der Waals surface area contributed by atoms with Crippen LogP contribution in [-0.2, 0) is 12.8 Å². The number of carbonyl (C=O) groups excluding carboxylic acids is 2. The second kappa shape index (κ2) is 7.15. The van der Waals surface area contributed by atoms with Crippen molar-refractivity contribution in [3.63, 3.8) is 0 Å². The van der Waals surface area contributed by atoms with Gasteiger partial charge in [-0.05, 0) is 43.5 Å². The summed E-state index contributed by atoms with van der Waals surface area (Å²) in [4.78, 5) is 24.7. The number of amides is 2. The molecule has 2 amide bonds. The molecule has 4 rings (SSSR count). The van der Waals surface area contributed by atoms with E-state index in [0.29, 0.717) is 12.8 Å². The van der Waals surface area contributed by atoms with E-state index in [9.17, 15) is 19.1 Å². The number of nitrogens with one attached hydrogen (secondary N) is 2. The predicted molar refractivity (Wildman–Crippen MR) is 98.6 cm³/mol. The molecule has 0 atom stereocenters. The van der Waals surface area contributed by atoms with Crippen molar-refractivity contribution in [1.29, 1.82) is 0 Å². The Hall–Kier alpha value is -3.68. The van der Waals surface area contributed by atoms with Crippen LogP contribution >= 0.6 is 0 Å². The summed E-state index contributed by atoms with van der Waals surface area (Å²) in [6.45, 7) is 0. The number of halogens is 1. The van der Waals surface area contributed by atoms with Gasteiger partial charge in [0.05, 0.1) is 5.56 Å². The van der Waals surface area contributed by atoms with E-state index >= 15 is 0 Å². The summed E-state index contributed by atoms with van der Waals surface area (Å²) < 4.78 is 15.6. The van der Waals surface area contributed by atoms with Crippen LogP contribution in [0.3, 0.4) is 0 Å². The van der Waals surface area contributed by atoms with Crippen molar-refractivity contribution < 1.29 is 19.1 Å². The minimum Gasteiger partial charge on any atom is -0.507 e. The molecule has 3 N–H and O–H groups in total. The molecular formula is C20H17FN4O3. The quantitative estimate of drug-likeness (QED) is 0.608. The van der Waals surface area contributed by atoms with Gasteiger partial charge in [-0.3, -0.25) is 20.4 Å². The van der Waals surface area contributed by atoms with Crippen LogP contribution < -0.4 is 10.9 Å². The monoisotopic (exact) mass is 380 g/mol. The molecule has 7 nitrogen and oxygen atoms in total. The molecule has 1 aliphatic carbocycles. The summed E-state index contributed by atoms with van der Waals surface area (Å²) >= 11 is 0. The third-order valence-electron chi connectivity index (χ3n) is 4.66. The van der Waals surface area contributed by atoms with Gasteiger partial charge in [0.2, 0.25) is 0 Å². The minimum absolute atomic E-state index is 0.0323. The van der Waals surface area contributed by atoms with Crippen molar-refractivity contribution in [2.75, 3.05) is 0 Å². The Labute approximate surface area is 159 Å². The molecule has 0 saturated carbocycles. The number of phenolic OH excluding ortho intramolecular Hbond substituents is 1. The molecule has 0 aliphatic heterocycles. The maximum atomic E-state index is 14.2. The Morgan fingerprint density at radius 2 is 1.71 bits per heavy atom. The fourth-order valence-corrected chi connectivity index (χ4v) is 3.35. The van der Waals surface area contributed by atoms with Crippen molar-refractivity contribution in [3.05, 3.63) is 76.9 Å². The summed E-state index contributed by atoms with van der Waals surface area (Å²) in [5.41, 5.74) is 6.58. The van der Waals surface area contributed by atoms with Gasteiger partial charge < -0.3 is 5.11 Å². The Bertz CT molecular complexity index is 1080. The van der Waals surface area contributed by atoms with Crippen LogP contribution in [0.25, 0.3) is 5.69 Å². The van der Waals surface area contributed by atoms with Gasteiger partial charge in [0, 0.05) is 11.3 Å². The topological polar surface area (TPSA) is 96.3 Å². The second-order valence-electron chi connectivity index (χ2n) is 6.42. The highest BCUT2D eigenvalue weighted by atomic mass is 19.1. The van der Waals surface area contributed by atoms with Gasteiger partial charge in [-0.2, -0.15) is 5.10 Å². The van der Waals surface area contributed by atoms with Gasteiger partial charge in [-0.15, -0.1) is 0 Å². The van der Waals surface area contributed by atoms with E-state index in [1.165, 1.54) is 22.9 Å². The smallest absolute Gasteiger partial charge is 0.290 e. The van der Waals surface area contributed by atoms with E-state index in [4.69, 9.17) is 0 Å². The maximum absolute atomic E-state index is 14.2. The molecule has 142 valence electrons. The minimum atomic E-state index is -0.656. The third kappa shape index (κ3) is 3.09. The van der Waals surface area contributed by atoms with Crippen LogP contribution in [0.5, 0.6) is 5.75 Å². The zero-order valence-electron chi connectivity index (χ0n) is 14.8. The molecular weight excluding hydrogens is 363 g/mol. The number of para-hydroxylation sites is 2. The lowest BCUT2D eigenvalue weighted by Crippen LogP contribution is -2.42. The highest BCUT2D eigenvalue weighted by molar-refractivity contribution is 6.00. The number of aromatic hydroxyl groups is 1. The van der Waals surface area contributed by atoms with E-state index in [1.807, 2.05) is 0 Å². The van der Waals surface area contributed by atoms with Crippen molar-refractivity contribution in [3.8, 4) is 11.4 Å². The Balaban J connectivity index is 1.57. The molecule has 1 aliphatic rings. The highest BCUT2D eigenvalue weighted by Crippen LogP contribution is 2.28. The lowest BCUT2D eigenvalue weighted by molar-refractivity contribution is 0.0841. The fraction of sp³-hybridized carbons (Fsp3) is 0.150. The summed E-state index contributed by atoms with van der Waals surface area (Å²) in [6.07, 6.45) is 2.18. The van der Waals surface area contributed by atoms with Crippen LogP contribution in [0.2, 0.25) is 0 Å². The molecule has 0 saturated heterocycles. The summed E-state index contributed by atoms with van der Waals surface area (Å²) in [7, 11) is 0. The Kier molecular flexibility index (Phi) is 4.52. The van der Waals surface area contributed by atoms with Crippen molar-refractivity contribution in [1.82, 2.24) is 20.6 Å². The van der Waals surface area contributed by atoms with Gasteiger partial charge in [0.15, 0.2) is 5.69 Å². The van der Waals surface area contributed by atoms with Crippen molar-refractivity contribution in [2.45, 2.75) is 19.3 Å². The van der Waals surface area contributed by atoms with Crippen molar-refractivity contribution in [2.24, 2.45) is 0 Å². The number of hydrogen-bond acceptors (Lipinski definition) is 4. The number of hydrogen-bond donors (Lipinski definition) is 3. The molecule has 1 aromatic heterocycles. The zero-order chi connectivity index (χ0) is 19.7. The Morgan fingerprint density at radius 3 is 2.50 bits per heavy atom. The van der Waals surface area contributed by atoms with Crippen molar-refractivity contribution >= 4 is 11.8 Å². The van der Waals surface area contributed by atoms with E-state index in [1.54, 1.807) is 30.3 Å². The molecule has 28 heavy (non-hydrogen) atoms. The van der Waals surface area contributed by atoms with E-state index in [0.717, 1.165) is 17.7 Å². The first-order valence-corrected chi connectivity index (χ1v) is 8.80. The predicted octanol–water partition coefficient (Wildman–Crippen LogP) is 2.28. The lowest BCUT2D eigenvalue weighted by atomic mass is 10.2. The molecule has 0 radical (unpaired) electrons. The van der Waals surface area contributed by atoms with E-state index in [-0.39, 0.29) is 22.7 Å². The van der Waals surface area contributed by atoms with E-state index < -0.39 is 17.6 Å². The van der Waals surface area contributed by atoms with Gasteiger partial charge in [-0.25, -0.2) is 9.07 Å². The molecule has 3 aromatic rings. The normalized spacial score (nSPS) is 12.5. The first-order chi connectivity index (χ1) is 13.6. The molecule has 0 unspecified atom stereocenters. The third-order valence-corrected chi connectivity index (χ3v) is 4.66. The number of phenols is 1. The fourth-order valence-electron chi connectivity index (χ4n) is 3.35. The molecule has 0 spiro atoms. The van der Waals surface area contributed by atoms with Crippen LogP contribution in [0.1, 0.15) is 38.5 Å². The number of fused-ring (bicyclic) bond motifs is 1. The maximum Gasteiger partial charge on any atom is 0.290 e. The largest absolute Gasteiger partial charge is 0.507 e. The molecule has 8 heteroatoms. The van der Waals surface area contributed by atoms with Gasteiger partial charge >= 0.3 is 0 Å². The Morgan fingerprint density at radius 1 is 1.00 bits per heavy atom. The van der Waals surface area contributed by atoms with Crippen LogP contribution in [0.4, 0.5) is 4.39 Å². The SMILES string of the molecule is O=C(NNC(=O)c1nn(-c2ccccc2F)c2c1CCC2)c1ccccc1O. The summed E-state index contributed by atoms with van der Waals surface area (Å²) in [6, 6.07) is 12.2. The molecule has 1 heterocycles. The summed E-state index contributed by atoms with van der Waals surface area (Å²) in [5, 5.41) is 14.0. The van der Waals surface area contributed by atoms with Crippen LogP contribution in [0, 0.1) is 5.82 Å². The molecule has 0 fully saturated rings. The highest BCUT2D eigenvalue weighted by Gasteiger charge is 2.28. The van der Waals surface area contributed by atoms with Gasteiger partial charge in [0.1, 0.15) is 17.3 Å². The number of hydrazine groups is 1.